The van der Waals surface area contributed by atoms with E-state index in [1.165, 1.54) is 24.3 Å². The molecule has 0 radical (unpaired) electrons. The number of esters is 1. The monoisotopic (exact) mass is 601 g/mol. The molecule has 2 aromatic carbocycles. The number of ether oxygens (including phenoxy) is 2. The number of sulfonamides is 1. The first-order chi connectivity index (χ1) is 19.6. The van der Waals surface area contributed by atoms with E-state index in [2.05, 4.69) is 17.2 Å². The summed E-state index contributed by atoms with van der Waals surface area (Å²) in [5.41, 5.74) is 0.0355. The van der Waals surface area contributed by atoms with Gasteiger partial charge in [0, 0.05) is 11.8 Å². The maximum Gasteiger partial charge on any atom is 0.356 e. The van der Waals surface area contributed by atoms with Crippen LogP contribution in [0.15, 0.2) is 71.8 Å². The number of nitrogens with zero attached hydrogens (tertiary/aromatic N) is 1. The molecular weight excluding hydrogens is 570 g/mol. The summed E-state index contributed by atoms with van der Waals surface area (Å²) in [5, 5.41) is 2.41. The fourth-order valence-corrected chi connectivity index (χ4v) is 5.14. The Morgan fingerprint density at radius 3 is 2.39 bits per heavy atom. The van der Waals surface area contributed by atoms with Gasteiger partial charge in [-0.1, -0.05) is 56.5 Å². The van der Waals surface area contributed by atoms with E-state index in [1.54, 1.807) is 12.1 Å². The Morgan fingerprint density at radius 1 is 1.00 bits per heavy atom. The summed E-state index contributed by atoms with van der Waals surface area (Å²) in [7, 11) is -4.39. The van der Waals surface area contributed by atoms with Crippen molar-refractivity contribution in [1.82, 2.24) is 15.0 Å². The van der Waals surface area contributed by atoms with Gasteiger partial charge >= 0.3 is 5.97 Å². The van der Waals surface area contributed by atoms with Gasteiger partial charge in [-0.05, 0) is 54.8 Å². The Balaban J connectivity index is 1.54. The highest BCUT2D eigenvalue weighted by Gasteiger charge is 2.23. The number of unbranched alkanes of at least 4 members (excludes halogenated alkanes) is 1. The van der Waals surface area contributed by atoms with Crippen LogP contribution in [0.1, 0.15) is 64.3 Å². The zero-order valence-electron chi connectivity index (χ0n) is 22.8. The van der Waals surface area contributed by atoms with Crippen molar-refractivity contribution in [2.75, 3.05) is 19.8 Å². The second-order valence-corrected chi connectivity index (χ2v) is 11.3. The summed E-state index contributed by atoms with van der Waals surface area (Å²) in [6, 6.07) is 15.3. The predicted molar refractivity (Wildman–Crippen MR) is 154 cm³/mol. The summed E-state index contributed by atoms with van der Waals surface area (Å²) < 4.78 is 38.4. The van der Waals surface area contributed by atoms with Crippen LogP contribution in [0, 0.1) is 5.92 Å². The van der Waals surface area contributed by atoms with Crippen LogP contribution in [0.3, 0.4) is 0 Å². The van der Waals surface area contributed by atoms with E-state index in [4.69, 9.17) is 21.1 Å². The predicted octanol–water partition coefficient (Wildman–Crippen LogP) is 4.65. The maximum absolute atomic E-state index is 12.8. The van der Waals surface area contributed by atoms with Crippen LogP contribution < -0.4 is 14.8 Å². The summed E-state index contributed by atoms with van der Waals surface area (Å²) in [6.45, 7) is 4.78. The summed E-state index contributed by atoms with van der Waals surface area (Å²) in [6.07, 6.45) is 4.12. The van der Waals surface area contributed by atoms with Gasteiger partial charge in [-0.25, -0.2) is 22.9 Å². The number of amides is 2. The van der Waals surface area contributed by atoms with E-state index >= 15 is 0 Å². The molecule has 3 rings (SSSR count). The third-order valence-corrected chi connectivity index (χ3v) is 7.71. The molecular formula is C29H32ClN3O7S. The summed E-state index contributed by atoms with van der Waals surface area (Å²) >= 11 is 6.17. The number of pyridine rings is 1. The number of carbonyl (C=O) groups excluding carboxylic acids is 3. The molecule has 1 unspecified atom stereocenters. The van der Waals surface area contributed by atoms with Crippen LogP contribution in [-0.2, 0) is 14.8 Å². The van der Waals surface area contributed by atoms with Gasteiger partial charge in [0.25, 0.3) is 21.8 Å². The molecule has 0 aliphatic heterocycles. The van der Waals surface area contributed by atoms with Crippen LogP contribution in [0.4, 0.5) is 0 Å². The smallest absolute Gasteiger partial charge is 0.356 e. The molecule has 2 amide bonds. The topological polar surface area (TPSA) is 141 Å². The number of hydrogen-bond acceptors (Lipinski definition) is 8. The number of aromatic nitrogens is 1. The molecule has 10 nitrogen and oxygen atoms in total. The van der Waals surface area contributed by atoms with Crippen LogP contribution in [0.25, 0.3) is 0 Å². The quantitative estimate of drug-likeness (QED) is 0.201. The lowest BCUT2D eigenvalue weighted by molar-refractivity contribution is 0.0435. The Kier molecular flexibility index (Phi) is 11.7. The van der Waals surface area contributed by atoms with Crippen molar-refractivity contribution in [2.24, 2.45) is 5.92 Å². The Morgan fingerprint density at radius 2 is 1.73 bits per heavy atom. The Hall–Kier alpha value is -3.96. The number of benzene rings is 2. The van der Waals surface area contributed by atoms with Gasteiger partial charge in [-0.15, -0.1) is 0 Å². The maximum atomic E-state index is 12.8. The van der Waals surface area contributed by atoms with Crippen molar-refractivity contribution in [3.63, 3.8) is 0 Å². The van der Waals surface area contributed by atoms with E-state index in [0.29, 0.717) is 5.75 Å². The highest BCUT2D eigenvalue weighted by molar-refractivity contribution is 7.90. The molecule has 0 fully saturated rings. The van der Waals surface area contributed by atoms with Gasteiger partial charge in [0.05, 0.1) is 23.7 Å². The van der Waals surface area contributed by atoms with E-state index in [-0.39, 0.29) is 52.4 Å². The molecule has 41 heavy (non-hydrogen) atoms. The fourth-order valence-electron chi connectivity index (χ4n) is 3.62. The minimum Gasteiger partial charge on any atom is -0.492 e. The van der Waals surface area contributed by atoms with Crippen LogP contribution in [0.5, 0.6) is 5.75 Å². The summed E-state index contributed by atoms with van der Waals surface area (Å²) in [4.78, 5) is 40.8. The van der Waals surface area contributed by atoms with Gasteiger partial charge in [-0.2, -0.15) is 0 Å². The molecule has 0 aliphatic rings. The molecule has 218 valence electrons. The lowest BCUT2D eigenvalue weighted by atomic mass is 10.1. The molecule has 1 aromatic heterocycles. The van der Waals surface area contributed by atoms with E-state index < -0.39 is 27.8 Å². The molecule has 1 atom stereocenters. The van der Waals surface area contributed by atoms with Gasteiger partial charge in [0.2, 0.25) is 0 Å². The highest BCUT2D eigenvalue weighted by Crippen LogP contribution is 2.23. The van der Waals surface area contributed by atoms with Crippen LogP contribution >= 0.6 is 11.6 Å². The zero-order valence-corrected chi connectivity index (χ0v) is 24.3. The van der Waals surface area contributed by atoms with Crippen LogP contribution in [-0.4, -0.2) is 50.9 Å². The highest BCUT2D eigenvalue weighted by atomic mass is 35.5. The van der Waals surface area contributed by atoms with E-state index in [1.807, 2.05) is 29.8 Å². The lowest BCUT2D eigenvalue weighted by Crippen LogP contribution is -2.31. The first kappa shape index (κ1) is 31.6. The number of nitrogens with one attached hydrogen (secondary N) is 2. The largest absolute Gasteiger partial charge is 0.492 e. The third-order valence-electron chi connectivity index (χ3n) is 5.89. The molecule has 1 heterocycles. The van der Waals surface area contributed by atoms with Gasteiger partial charge in [-0.3, -0.25) is 9.59 Å². The Labute approximate surface area is 244 Å². The number of halogens is 1. The van der Waals surface area contributed by atoms with Gasteiger partial charge in [0.1, 0.15) is 22.9 Å². The normalized spacial score (nSPS) is 11.8. The van der Waals surface area contributed by atoms with E-state index in [9.17, 15) is 22.8 Å². The average Bonchev–Trinajstić information content (AvgIpc) is 2.97. The van der Waals surface area contributed by atoms with Crippen molar-refractivity contribution < 1.29 is 32.3 Å². The van der Waals surface area contributed by atoms with Crippen molar-refractivity contribution >= 4 is 39.4 Å². The molecule has 0 saturated heterocycles. The average molecular weight is 602 g/mol. The standard InChI is InChI=1S/C29H32ClN3O7S/c1-3-4-8-20(2)19-40-29(36)25-13-11-22(18-32-25)28(35)33-41(37,38)26-14-12-21(17-24(26)30)27(34)31-15-16-39-23-9-6-5-7-10-23/h5-7,9-14,17-18,20H,3-4,8,15-16,19H2,1-2H3,(H,31,34)(H,33,35). The minimum absolute atomic E-state index is 0.00404. The molecule has 3 aromatic rings. The Bertz CT molecular complexity index is 1450. The SMILES string of the molecule is CCCCC(C)COC(=O)c1ccc(C(=O)NS(=O)(=O)c2ccc(C(=O)NCCOc3ccccc3)cc2Cl)cn1. The lowest BCUT2D eigenvalue weighted by Gasteiger charge is -2.12. The molecule has 0 bridgehead atoms. The van der Waals surface area contributed by atoms with Gasteiger partial charge < -0.3 is 14.8 Å². The first-order valence-corrected chi connectivity index (χ1v) is 14.9. The second-order valence-electron chi connectivity index (χ2n) is 9.28. The summed E-state index contributed by atoms with van der Waals surface area (Å²) in [5.74, 6) is -1.20. The zero-order chi connectivity index (χ0) is 29.8. The minimum atomic E-state index is -4.39. The third kappa shape index (κ3) is 9.58. The number of carbonyl (C=O) groups is 3. The van der Waals surface area contributed by atoms with Crippen molar-refractivity contribution in [3.05, 3.63) is 88.7 Å². The number of rotatable bonds is 14. The number of hydrogen-bond donors (Lipinski definition) is 2. The van der Waals surface area contributed by atoms with Crippen molar-refractivity contribution in [3.8, 4) is 5.75 Å². The fraction of sp³-hybridized carbons (Fsp3) is 0.310. The molecule has 0 spiro atoms. The molecule has 0 aliphatic carbocycles. The first-order valence-electron chi connectivity index (χ1n) is 13.1. The van der Waals surface area contributed by atoms with Gasteiger partial charge in [0.15, 0.2) is 0 Å². The molecule has 12 heteroatoms. The second kappa shape index (κ2) is 15.2. The number of para-hydroxylation sites is 1. The molecule has 0 saturated carbocycles. The molecule has 2 N–H and O–H groups in total. The van der Waals surface area contributed by atoms with E-state index in [0.717, 1.165) is 31.5 Å². The van der Waals surface area contributed by atoms with Crippen molar-refractivity contribution in [2.45, 2.75) is 38.0 Å². The van der Waals surface area contributed by atoms with Crippen LogP contribution in [0.2, 0.25) is 5.02 Å². The van der Waals surface area contributed by atoms with Crippen molar-refractivity contribution in [1.29, 1.82) is 0 Å².